The number of nitrogens with one attached hydrogen (secondary N) is 1. The van der Waals surface area contributed by atoms with Crippen LogP contribution in [0.15, 0.2) is 24.3 Å². The first-order chi connectivity index (χ1) is 7.79. The molecule has 1 saturated heterocycles. The van der Waals surface area contributed by atoms with Gasteiger partial charge in [0.05, 0.1) is 13.7 Å². The third-order valence-corrected chi connectivity index (χ3v) is 2.24. The maximum atomic E-state index is 10.8. The van der Waals surface area contributed by atoms with E-state index in [1.165, 1.54) is 0 Å². The minimum absolute atomic E-state index is 0. The van der Waals surface area contributed by atoms with Gasteiger partial charge in [-0.1, -0.05) is 12.1 Å². The van der Waals surface area contributed by atoms with Gasteiger partial charge in [0.25, 0.3) is 0 Å². The molecular formula is C11H14NNaO4. The summed E-state index contributed by atoms with van der Waals surface area (Å²) in [5.41, 5.74) is 0. The number of alkyl carbamates (subject to hydrolysis) is 1. The van der Waals surface area contributed by atoms with E-state index in [-0.39, 0.29) is 35.7 Å². The Morgan fingerprint density at radius 3 is 2.71 bits per heavy atom. The van der Waals surface area contributed by atoms with Crippen LogP contribution in [0.1, 0.15) is 0 Å². The van der Waals surface area contributed by atoms with Crippen LogP contribution in [0, 0.1) is 0 Å². The van der Waals surface area contributed by atoms with E-state index >= 15 is 0 Å². The number of benzene rings is 1. The second kappa shape index (κ2) is 6.74. The molecule has 0 aromatic heterocycles. The van der Waals surface area contributed by atoms with Gasteiger partial charge >= 0.3 is 35.7 Å². The number of ether oxygens (including phenoxy) is 3. The van der Waals surface area contributed by atoms with Crippen LogP contribution in [0.4, 0.5) is 4.79 Å². The van der Waals surface area contributed by atoms with Gasteiger partial charge in [-0.3, -0.25) is 0 Å². The van der Waals surface area contributed by atoms with Gasteiger partial charge in [-0.05, 0) is 12.1 Å². The number of carbonyl (C=O) groups excluding carboxylic acids is 1. The fraction of sp³-hybridized carbons (Fsp3) is 0.364. The third-order valence-electron chi connectivity index (χ3n) is 2.24. The second-order valence-electron chi connectivity index (χ2n) is 3.37. The topological polar surface area (TPSA) is 56.8 Å². The van der Waals surface area contributed by atoms with Crippen LogP contribution in [-0.4, -0.2) is 62.0 Å². The molecule has 2 rings (SSSR count). The SMILES string of the molecule is COc1ccccc1OCC1CNC(=O)O1.[NaH]. The van der Waals surface area contributed by atoms with Crippen LogP contribution in [0.25, 0.3) is 0 Å². The molecule has 6 heteroatoms. The number of hydrogen-bond donors (Lipinski definition) is 1. The van der Waals surface area contributed by atoms with Crippen LogP contribution in [0.3, 0.4) is 0 Å². The van der Waals surface area contributed by atoms with Gasteiger partial charge < -0.3 is 19.5 Å². The predicted molar refractivity (Wildman–Crippen MR) is 63.9 cm³/mol. The number of hydrogen-bond acceptors (Lipinski definition) is 4. The Morgan fingerprint density at radius 1 is 1.41 bits per heavy atom. The monoisotopic (exact) mass is 247 g/mol. The molecule has 1 aliphatic rings. The zero-order valence-corrected chi connectivity index (χ0v) is 8.93. The summed E-state index contributed by atoms with van der Waals surface area (Å²) < 4.78 is 15.6. The van der Waals surface area contributed by atoms with Crippen molar-refractivity contribution in [1.29, 1.82) is 0 Å². The maximum absolute atomic E-state index is 10.8. The average Bonchev–Trinajstić information content (AvgIpc) is 2.73. The molecule has 17 heavy (non-hydrogen) atoms. The molecule has 1 N–H and O–H groups in total. The van der Waals surface area contributed by atoms with Crippen LogP contribution in [-0.2, 0) is 4.74 Å². The molecule has 5 nitrogen and oxygen atoms in total. The third kappa shape index (κ3) is 3.80. The fourth-order valence-electron chi connectivity index (χ4n) is 1.45. The van der Waals surface area contributed by atoms with E-state index in [0.29, 0.717) is 24.7 Å². The van der Waals surface area contributed by atoms with E-state index in [0.717, 1.165) is 0 Å². The fourth-order valence-corrected chi connectivity index (χ4v) is 1.45. The van der Waals surface area contributed by atoms with Gasteiger partial charge in [0, 0.05) is 0 Å². The van der Waals surface area contributed by atoms with Crippen molar-refractivity contribution in [3.8, 4) is 11.5 Å². The molecule has 0 bridgehead atoms. The first kappa shape index (κ1) is 14.2. The molecule has 0 spiro atoms. The van der Waals surface area contributed by atoms with Gasteiger partial charge in [0.1, 0.15) is 6.61 Å². The Hall–Kier alpha value is -0.910. The summed E-state index contributed by atoms with van der Waals surface area (Å²) in [6, 6.07) is 7.34. The summed E-state index contributed by atoms with van der Waals surface area (Å²) in [5, 5.41) is 2.56. The molecule has 1 aromatic carbocycles. The number of para-hydroxylation sites is 2. The first-order valence-electron chi connectivity index (χ1n) is 5.00. The van der Waals surface area contributed by atoms with Gasteiger partial charge in [0.15, 0.2) is 17.6 Å². The van der Waals surface area contributed by atoms with Crippen molar-refractivity contribution in [2.75, 3.05) is 20.3 Å². The van der Waals surface area contributed by atoms with Crippen molar-refractivity contribution in [2.24, 2.45) is 0 Å². The molecule has 1 aliphatic heterocycles. The Bertz CT molecular complexity index is 385. The molecule has 1 fully saturated rings. The molecule has 88 valence electrons. The van der Waals surface area contributed by atoms with Crippen molar-refractivity contribution in [2.45, 2.75) is 6.10 Å². The van der Waals surface area contributed by atoms with Crippen molar-refractivity contribution in [1.82, 2.24) is 5.32 Å². The summed E-state index contributed by atoms with van der Waals surface area (Å²) in [6.45, 7) is 0.799. The summed E-state index contributed by atoms with van der Waals surface area (Å²) >= 11 is 0. The Labute approximate surface area is 122 Å². The van der Waals surface area contributed by atoms with E-state index in [2.05, 4.69) is 5.32 Å². The standard InChI is InChI=1S/C11H13NO4.Na.H/c1-14-9-4-2-3-5-10(9)15-7-8-6-12-11(13)16-8;;/h2-5,8H,6-7H2,1H3,(H,12,13);;. The number of rotatable bonds is 4. The van der Waals surface area contributed by atoms with Crippen LogP contribution >= 0.6 is 0 Å². The molecular weight excluding hydrogens is 233 g/mol. The molecule has 1 atom stereocenters. The summed E-state index contributed by atoms with van der Waals surface area (Å²) in [4.78, 5) is 10.8. The molecule has 1 heterocycles. The van der Waals surface area contributed by atoms with Crippen LogP contribution in [0.2, 0.25) is 0 Å². The van der Waals surface area contributed by atoms with Gasteiger partial charge in [0.2, 0.25) is 0 Å². The number of carbonyl (C=O) groups is 1. The van der Waals surface area contributed by atoms with Crippen LogP contribution in [0.5, 0.6) is 11.5 Å². The van der Waals surface area contributed by atoms with E-state index in [9.17, 15) is 4.79 Å². The van der Waals surface area contributed by atoms with Crippen molar-refractivity contribution >= 4 is 35.7 Å². The summed E-state index contributed by atoms with van der Waals surface area (Å²) in [6.07, 6.45) is -0.633. The normalized spacial score (nSPS) is 17.7. The molecule has 0 aliphatic carbocycles. The molecule has 0 radical (unpaired) electrons. The average molecular weight is 247 g/mol. The number of amides is 1. The minimum atomic E-state index is -0.395. The van der Waals surface area contributed by atoms with Crippen LogP contribution < -0.4 is 14.8 Å². The summed E-state index contributed by atoms with van der Waals surface area (Å²) in [5.74, 6) is 1.31. The van der Waals surface area contributed by atoms with Crippen molar-refractivity contribution < 1.29 is 19.0 Å². The molecule has 1 amide bonds. The number of methoxy groups -OCH3 is 1. The van der Waals surface area contributed by atoms with Crippen molar-refractivity contribution in [3.05, 3.63) is 24.3 Å². The molecule has 1 aromatic rings. The zero-order chi connectivity index (χ0) is 11.4. The van der Waals surface area contributed by atoms with E-state index in [1.54, 1.807) is 7.11 Å². The predicted octanol–water partition coefficient (Wildman–Crippen LogP) is 0.534. The molecule has 0 saturated carbocycles. The quantitative estimate of drug-likeness (QED) is 0.789. The second-order valence-corrected chi connectivity index (χ2v) is 3.37. The Balaban J connectivity index is 0.00000144. The van der Waals surface area contributed by atoms with Crippen molar-refractivity contribution in [3.63, 3.8) is 0 Å². The number of cyclic esters (lactones) is 1. The van der Waals surface area contributed by atoms with Gasteiger partial charge in [-0.15, -0.1) is 0 Å². The van der Waals surface area contributed by atoms with E-state index < -0.39 is 6.09 Å². The zero-order valence-electron chi connectivity index (χ0n) is 8.93. The first-order valence-corrected chi connectivity index (χ1v) is 5.00. The summed E-state index contributed by atoms with van der Waals surface area (Å²) in [7, 11) is 1.58. The van der Waals surface area contributed by atoms with E-state index in [4.69, 9.17) is 14.2 Å². The Morgan fingerprint density at radius 2 is 2.12 bits per heavy atom. The van der Waals surface area contributed by atoms with Gasteiger partial charge in [-0.25, -0.2) is 4.79 Å². The molecule has 1 unspecified atom stereocenters. The van der Waals surface area contributed by atoms with Gasteiger partial charge in [-0.2, -0.15) is 0 Å². The van der Waals surface area contributed by atoms with E-state index in [1.807, 2.05) is 24.3 Å². The Kier molecular flexibility index (Phi) is 5.61.